The number of rotatable bonds is 7. The van der Waals surface area contributed by atoms with Crippen LogP contribution in [0.5, 0.6) is 5.75 Å². The molecule has 0 heterocycles. The Morgan fingerprint density at radius 2 is 1.91 bits per heavy atom. The summed E-state index contributed by atoms with van der Waals surface area (Å²) in [5.74, 6) is 1.58. The first-order chi connectivity index (χ1) is 10.8. The van der Waals surface area contributed by atoms with Gasteiger partial charge < -0.3 is 15.2 Å². The van der Waals surface area contributed by atoms with Crippen LogP contribution in [-0.2, 0) is 0 Å². The quantitative estimate of drug-likeness (QED) is 0.798. The lowest BCUT2D eigenvalue weighted by Gasteiger charge is -2.20. The number of nitrogens with one attached hydrogen (secondary N) is 1. The summed E-state index contributed by atoms with van der Waals surface area (Å²) in [5, 5.41) is 13.2. The van der Waals surface area contributed by atoms with Gasteiger partial charge >= 0.3 is 0 Å². The van der Waals surface area contributed by atoms with E-state index in [1.165, 1.54) is 44.9 Å². The maximum absolute atomic E-state index is 10.2. The third-order valence-corrected chi connectivity index (χ3v) is 4.62. The summed E-state index contributed by atoms with van der Waals surface area (Å²) in [4.78, 5) is 0. The van der Waals surface area contributed by atoms with E-state index >= 15 is 0 Å². The minimum Gasteiger partial charge on any atom is -0.493 e. The van der Waals surface area contributed by atoms with E-state index in [1.807, 2.05) is 31.3 Å². The first-order valence-electron chi connectivity index (χ1n) is 8.85. The van der Waals surface area contributed by atoms with Crippen LogP contribution in [-0.4, -0.2) is 25.3 Å². The molecule has 1 aliphatic rings. The molecular weight excluding hydrogens is 274 g/mol. The van der Waals surface area contributed by atoms with Crippen molar-refractivity contribution in [3.63, 3.8) is 0 Å². The average Bonchev–Trinajstić information content (AvgIpc) is 2.52. The van der Waals surface area contributed by atoms with Gasteiger partial charge in [-0.2, -0.15) is 0 Å². The van der Waals surface area contributed by atoms with Gasteiger partial charge in [-0.05, 0) is 56.5 Å². The fourth-order valence-electron chi connectivity index (χ4n) is 3.18. The normalized spacial score (nSPS) is 18.5. The second-order valence-corrected chi connectivity index (χ2v) is 6.50. The molecular formula is C19H31NO2. The van der Waals surface area contributed by atoms with Crippen LogP contribution in [0.3, 0.4) is 0 Å². The van der Waals surface area contributed by atoms with Crippen molar-refractivity contribution in [2.45, 2.75) is 57.5 Å². The van der Waals surface area contributed by atoms with E-state index in [9.17, 15) is 5.11 Å². The number of aliphatic hydroxyl groups excluding tert-OH is 1. The monoisotopic (exact) mass is 305 g/mol. The van der Waals surface area contributed by atoms with E-state index in [1.54, 1.807) is 0 Å². The van der Waals surface area contributed by atoms with Crippen molar-refractivity contribution in [2.75, 3.05) is 20.2 Å². The van der Waals surface area contributed by atoms with Gasteiger partial charge in [0.1, 0.15) is 5.75 Å². The van der Waals surface area contributed by atoms with Gasteiger partial charge in [0.05, 0.1) is 12.7 Å². The topological polar surface area (TPSA) is 41.5 Å². The van der Waals surface area contributed by atoms with Crippen LogP contribution < -0.4 is 10.1 Å². The molecule has 1 unspecified atom stereocenters. The Labute approximate surface area is 135 Å². The Balaban J connectivity index is 1.84. The Kier molecular flexibility index (Phi) is 7.75. The summed E-state index contributed by atoms with van der Waals surface area (Å²) >= 11 is 0. The molecule has 124 valence electrons. The zero-order valence-corrected chi connectivity index (χ0v) is 13.9. The molecule has 1 aromatic carbocycles. The SMILES string of the molecule is CNCCC(O)c1cccc(OCC2CCCCCCC2)c1. The zero-order valence-electron chi connectivity index (χ0n) is 13.9. The van der Waals surface area contributed by atoms with Gasteiger partial charge in [-0.15, -0.1) is 0 Å². The minimum atomic E-state index is -0.419. The molecule has 0 aliphatic heterocycles. The van der Waals surface area contributed by atoms with Crippen molar-refractivity contribution in [1.29, 1.82) is 0 Å². The van der Waals surface area contributed by atoms with Gasteiger partial charge in [0.2, 0.25) is 0 Å². The van der Waals surface area contributed by atoms with E-state index in [4.69, 9.17) is 4.74 Å². The van der Waals surface area contributed by atoms with Gasteiger partial charge in [0.15, 0.2) is 0 Å². The molecule has 1 saturated carbocycles. The molecule has 1 aromatic rings. The van der Waals surface area contributed by atoms with Crippen LogP contribution in [0.15, 0.2) is 24.3 Å². The maximum Gasteiger partial charge on any atom is 0.119 e. The van der Waals surface area contributed by atoms with Crippen LogP contribution in [0.1, 0.15) is 63.0 Å². The predicted molar refractivity (Wildman–Crippen MR) is 91.2 cm³/mol. The van der Waals surface area contributed by atoms with Crippen LogP contribution in [0, 0.1) is 5.92 Å². The molecule has 1 aliphatic carbocycles. The molecule has 2 rings (SSSR count). The summed E-state index contributed by atoms with van der Waals surface area (Å²) < 4.78 is 6.01. The van der Waals surface area contributed by atoms with Crippen molar-refractivity contribution in [3.8, 4) is 5.75 Å². The molecule has 22 heavy (non-hydrogen) atoms. The highest BCUT2D eigenvalue weighted by Crippen LogP contribution is 2.25. The largest absolute Gasteiger partial charge is 0.493 e. The molecule has 1 fully saturated rings. The summed E-state index contributed by atoms with van der Waals surface area (Å²) in [7, 11) is 1.90. The second kappa shape index (κ2) is 9.86. The number of hydrogen-bond donors (Lipinski definition) is 2. The highest BCUT2D eigenvalue weighted by Gasteiger charge is 2.13. The summed E-state index contributed by atoms with van der Waals surface area (Å²) in [5.41, 5.74) is 0.949. The summed E-state index contributed by atoms with van der Waals surface area (Å²) in [6.07, 6.45) is 9.75. The minimum absolute atomic E-state index is 0.419. The van der Waals surface area contributed by atoms with Gasteiger partial charge in [0, 0.05) is 0 Å². The fraction of sp³-hybridized carbons (Fsp3) is 0.684. The Morgan fingerprint density at radius 3 is 2.64 bits per heavy atom. The first-order valence-corrected chi connectivity index (χ1v) is 8.85. The Morgan fingerprint density at radius 1 is 1.18 bits per heavy atom. The molecule has 1 atom stereocenters. The molecule has 0 radical (unpaired) electrons. The molecule has 0 spiro atoms. The maximum atomic E-state index is 10.2. The predicted octanol–water partition coefficient (Wildman–Crippen LogP) is 4.07. The van der Waals surface area contributed by atoms with Crippen LogP contribution in [0.25, 0.3) is 0 Å². The highest BCUT2D eigenvalue weighted by molar-refractivity contribution is 5.29. The van der Waals surface area contributed by atoms with Crippen LogP contribution in [0.2, 0.25) is 0 Å². The van der Waals surface area contributed by atoms with Crippen molar-refractivity contribution >= 4 is 0 Å². The molecule has 3 heteroatoms. The average molecular weight is 305 g/mol. The summed E-state index contributed by atoms with van der Waals surface area (Å²) in [6, 6.07) is 7.94. The lowest BCUT2D eigenvalue weighted by Crippen LogP contribution is -2.14. The van der Waals surface area contributed by atoms with Gasteiger partial charge in [0.25, 0.3) is 0 Å². The van der Waals surface area contributed by atoms with Crippen LogP contribution in [0.4, 0.5) is 0 Å². The van der Waals surface area contributed by atoms with E-state index in [2.05, 4.69) is 5.32 Å². The number of benzene rings is 1. The van der Waals surface area contributed by atoms with Crippen molar-refractivity contribution < 1.29 is 9.84 Å². The second-order valence-electron chi connectivity index (χ2n) is 6.50. The third-order valence-electron chi connectivity index (χ3n) is 4.62. The smallest absolute Gasteiger partial charge is 0.119 e. The lowest BCUT2D eigenvalue weighted by atomic mass is 9.92. The van der Waals surface area contributed by atoms with Crippen molar-refractivity contribution in [1.82, 2.24) is 5.32 Å². The number of hydrogen-bond acceptors (Lipinski definition) is 3. The number of ether oxygens (including phenoxy) is 1. The lowest BCUT2D eigenvalue weighted by molar-refractivity contribution is 0.166. The van der Waals surface area contributed by atoms with E-state index in [-0.39, 0.29) is 0 Å². The van der Waals surface area contributed by atoms with Gasteiger partial charge in [-0.1, -0.05) is 44.2 Å². The molecule has 0 bridgehead atoms. The van der Waals surface area contributed by atoms with E-state index in [0.717, 1.165) is 30.9 Å². The molecule has 0 saturated heterocycles. The number of aliphatic hydroxyl groups is 1. The zero-order chi connectivity index (χ0) is 15.6. The van der Waals surface area contributed by atoms with E-state index in [0.29, 0.717) is 5.92 Å². The van der Waals surface area contributed by atoms with Gasteiger partial charge in [-0.25, -0.2) is 0 Å². The van der Waals surface area contributed by atoms with E-state index < -0.39 is 6.10 Å². The third kappa shape index (κ3) is 5.98. The summed E-state index contributed by atoms with van der Waals surface area (Å²) in [6.45, 7) is 1.63. The van der Waals surface area contributed by atoms with Crippen LogP contribution >= 0.6 is 0 Å². The van der Waals surface area contributed by atoms with Gasteiger partial charge in [-0.3, -0.25) is 0 Å². The Hall–Kier alpha value is -1.06. The molecule has 0 amide bonds. The molecule has 0 aromatic heterocycles. The van der Waals surface area contributed by atoms with Crippen molar-refractivity contribution in [2.24, 2.45) is 5.92 Å². The first kappa shape index (κ1) is 17.3. The fourth-order valence-corrected chi connectivity index (χ4v) is 3.18. The highest BCUT2D eigenvalue weighted by atomic mass is 16.5. The Bertz CT molecular complexity index is 414. The standard InChI is InChI=1S/C19H31NO2/c1-20-13-12-19(21)17-10-7-11-18(14-17)22-15-16-8-5-3-2-4-6-9-16/h7,10-11,14,16,19-21H,2-6,8-9,12-13,15H2,1H3. The van der Waals surface area contributed by atoms with Crippen molar-refractivity contribution in [3.05, 3.63) is 29.8 Å². The molecule has 3 nitrogen and oxygen atoms in total. The molecule has 2 N–H and O–H groups in total.